The van der Waals surface area contributed by atoms with Crippen LogP contribution >= 0.6 is 0 Å². The predicted octanol–water partition coefficient (Wildman–Crippen LogP) is 3.10. The maximum atomic E-state index is 5.54. The molecule has 0 aliphatic heterocycles. The molecule has 16 heavy (non-hydrogen) atoms. The highest BCUT2D eigenvalue weighted by molar-refractivity contribution is 5.11. The fourth-order valence-electron chi connectivity index (χ4n) is 1.60. The highest BCUT2D eigenvalue weighted by Gasteiger charge is 2.00. The van der Waals surface area contributed by atoms with E-state index in [-0.39, 0.29) is 0 Å². The fourth-order valence-corrected chi connectivity index (χ4v) is 1.60. The summed E-state index contributed by atoms with van der Waals surface area (Å²) in [6, 6.07) is 2.04. The van der Waals surface area contributed by atoms with Gasteiger partial charge in [-0.05, 0) is 19.5 Å². The molecule has 0 aromatic carbocycles. The van der Waals surface area contributed by atoms with E-state index in [9.17, 15) is 0 Å². The zero-order valence-corrected chi connectivity index (χ0v) is 10.4. The molecular weight excluding hydrogens is 202 g/mol. The lowest BCUT2D eigenvalue weighted by atomic mass is 10.2. The second-order valence-corrected chi connectivity index (χ2v) is 4.06. The molecule has 3 heteroatoms. The molecule has 0 radical (unpaired) electrons. The summed E-state index contributed by atoms with van der Waals surface area (Å²) >= 11 is 0. The average Bonchev–Trinajstić information content (AvgIpc) is 2.72. The van der Waals surface area contributed by atoms with Gasteiger partial charge in [0.2, 0.25) is 0 Å². The lowest BCUT2D eigenvalue weighted by Gasteiger charge is -2.01. The predicted molar refractivity (Wildman–Crippen MR) is 65.3 cm³/mol. The van der Waals surface area contributed by atoms with Crippen molar-refractivity contribution < 1.29 is 9.15 Å². The Labute approximate surface area is 98.2 Å². The minimum absolute atomic E-state index is 0.593. The minimum atomic E-state index is 0.593. The molecule has 1 rings (SSSR count). The molecule has 0 saturated heterocycles. The van der Waals surface area contributed by atoms with Crippen LogP contribution in [0.1, 0.15) is 43.9 Å². The van der Waals surface area contributed by atoms with E-state index < -0.39 is 0 Å². The quantitative estimate of drug-likeness (QED) is 0.656. The van der Waals surface area contributed by atoms with Crippen molar-refractivity contribution in [3.8, 4) is 0 Å². The maximum absolute atomic E-state index is 5.54. The van der Waals surface area contributed by atoms with Crippen LogP contribution in [0, 0.1) is 0 Å². The molecule has 0 spiro atoms. The molecule has 0 aliphatic rings. The van der Waals surface area contributed by atoms with Crippen molar-refractivity contribution in [2.45, 2.75) is 45.8 Å². The summed E-state index contributed by atoms with van der Waals surface area (Å²) in [5, 5.41) is 3.09. The Bertz CT molecular complexity index is 271. The standard InChI is InChI=1S/C13H23NO2/c1-3-4-5-6-7-15-11-13-8-12(9-14-2)10-16-13/h8,10,14H,3-7,9,11H2,1-2H3. The number of ether oxygens (including phenoxy) is 1. The third kappa shape index (κ3) is 5.33. The van der Waals surface area contributed by atoms with Gasteiger partial charge in [-0.25, -0.2) is 0 Å². The van der Waals surface area contributed by atoms with Crippen molar-refractivity contribution in [1.29, 1.82) is 0 Å². The first-order valence-electron chi connectivity index (χ1n) is 6.15. The Morgan fingerprint density at radius 1 is 1.31 bits per heavy atom. The third-order valence-corrected chi connectivity index (χ3v) is 2.48. The first-order valence-corrected chi connectivity index (χ1v) is 6.15. The third-order valence-electron chi connectivity index (χ3n) is 2.48. The number of rotatable bonds is 9. The van der Waals surface area contributed by atoms with Crippen molar-refractivity contribution in [3.63, 3.8) is 0 Å². The fraction of sp³-hybridized carbons (Fsp3) is 0.692. The smallest absolute Gasteiger partial charge is 0.129 e. The van der Waals surface area contributed by atoms with Crippen LogP contribution in [-0.2, 0) is 17.9 Å². The summed E-state index contributed by atoms with van der Waals surface area (Å²) in [6.07, 6.45) is 6.77. The van der Waals surface area contributed by atoms with Gasteiger partial charge in [0.15, 0.2) is 0 Å². The SMILES string of the molecule is CCCCCCOCc1cc(CNC)co1. The molecule has 1 N–H and O–H groups in total. The first-order chi connectivity index (χ1) is 7.86. The van der Waals surface area contributed by atoms with Gasteiger partial charge in [-0.1, -0.05) is 26.2 Å². The van der Waals surface area contributed by atoms with Gasteiger partial charge in [0, 0.05) is 18.7 Å². The van der Waals surface area contributed by atoms with Crippen LogP contribution in [0.15, 0.2) is 16.7 Å². The van der Waals surface area contributed by atoms with E-state index in [1.807, 2.05) is 13.1 Å². The van der Waals surface area contributed by atoms with E-state index in [4.69, 9.17) is 9.15 Å². The summed E-state index contributed by atoms with van der Waals surface area (Å²) in [5.41, 5.74) is 1.17. The molecule has 1 heterocycles. The zero-order chi connectivity index (χ0) is 11.6. The average molecular weight is 225 g/mol. The van der Waals surface area contributed by atoms with Gasteiger partial charge >= 0.3 is 0 Å². The van der Waals surface area contributed by atoms with Gasteiger partial charge in [-0.15, -0.1) is 0 Å². The van der Waals surface area contributed by atoms with E-state index in [2.05, 4.69) is 12.2 Å². The number of unbranched alkanes of at least 4 members (excludes halogenated alkanes) is 3. The molecule has 0 saturated carbocycles. The number of hydrogen-bond acceptors (Lipinski definition) is 3. The second-order valence-electron chi connectivity index (χ2n) is 4.06. The number of furan rings is 1. The van der Waals surface area contributed by atoms with E-state index in [0.29, 0.717) is 6.61 Å². The summed E-state index contributed by atoms with van der Waals surface area (Å²) in [4.78, 5) is 0. The lowest BCUT2D eigenvalue weighted by molar-refractivity contribution is 0.102. The van der Waals surface area contributed by atoms with E-state index in [1.165, 1.54) is 24.8 Å². The Kier molecular flexibility index (Phi) is 6.93. The highest BCUT2D eigenvalue weighted by atomic mass is 16.5. The van der Waals surface area contributed by atoms with Gasteiger partial charge in [0.1, 0.15) is 12.4 Å². The Morgan fingerprint density at radius 3 is 2.94 bits per heavy atom. The van der Waals surface area contributed by atoms with Crippen molar-refractivity contribution >= 4 is 0 Å². The number of hydrogen-bond donors (Lipinski definition) is 1. The van der Waals surface area contributed by atoms with Crippen LogP contribution in [0.3, 0.4) is 0 Å². The van der Waals surface area contributed by atoms with Crippen LogP contribution in [0.25, 0.3) is 0 Å². The van der Waals surface area contributed by atoms with Gasteiger partial charge in [0.25, 0.3) is 0 Å². The summed E-state index contributed by atoms with van der Waals surface area (Å²) < 4.78 is 10.9. The topological polar surface area (TPSA) is 34.4 Å². The van der Waals surface area contributed by atoms with Gasteiger partial charge in [-0.3, -0.25) is 0 Å². The molecule has 1 aromatic heterocycles. The molecule has 0 unspecified atom stereocenters. The monoisotopic (exact) mass is 225 g/mol. The van der Waals surface area contributed by atoms with Crippen LogP contribution in [0.5, 0.6) is 0 Å². The zero-order valence-electron chi connectivity index (χ0n) is 10.4. The van der Waals surface area contributed by atoms with Crippen molar-refractivity contribution in [2.24, 2.45) is 0 Å². The molecule has 0 bridgehead atoms. The first kappa shape index (κ1) is 13.3. The van der Waals surface area contributed by atoms with E-state index in [1.54, 1.807) is 6.26 Å². The summed E-state index contributed by atoms with van der Waals surface area (Å²) in [5.74, 6) is 0.917. The molecule has 0 fully saturated rings. The van der Waals surface area contributed by atoms with Crippen molar-refractivity contribution in [1.82, 2.24) is 5.32 Å². The van der Waals surface area contributed by atoms with Crippen LogP contribution in [0.4, 0.5) is 0 Å². The van der Waals surface area contributed by atoms with E-state index in [0.717, 1.165) is 25.3 Å². The van der Waals surface area contributed by atoms with Crippen LogP contribution in [0.2, 0.25) is 0 Å². The molecule has 0 amide bonds. The Morgan fingerprint density at radius 2 is 2.19 bits per heavy atom. The maximum Gasteiger partial charge on any atom is 0.129 e. The highest BCUT2D eigenvalue weighted by Crippen LogP contribution is 2.09. The molecule has 0 atom stereocenters. The molecular formula is C13H23NO2. The molecule has 92 valence electrons. The minimum Gasteiger partial charge on any atom is -0.467 e. The largest absolute Gasteiger partial charge is 0.467 e. The normalized spacial score (nSPS) is 10.9. The Hall–Kier alpha value is -0.800. The summed E-state index contributed by atoms with van der Waals surface area (Å²) in [7, 11) is 1.93. The van der Waals surface area contributed by atoms with Gasteiger partial charge in [0.05, 0.1) is 6.26 Å². The van der Waals surface area contributed by atoms with Gasteiger partial charge in [-0.2, -0.15) is 0 Å². The van der Waals surface area contributed by atoms with Crippen molar-refractivity contribution in [2.75, 3.05) is 13.7 Å². The molecule has 3 nitrogen and oxygen atoms in total. The second kappa shape index (κ2) is 8.36. The van der Waals surface area contributed by atoms with Crippen molar-refractivity contribution in [3.05, 3.63) is 23.7 Å². The van der Waals surface area contributed by atoms with Gasteiger partial charge < -0.3 is 14.5 Å². The Balaban J connectivity index is 2.07. The van der Waals surface area contributed by atoms with Crippen LogP contribution < -0.4 is 5.32 Å². The number of nitrogens with one attached hydrogen (secondary N) is 1. The van der Waals surface area contributed by atoms with Crippen LogP contribution in [-0.4, -0.2) is 13.7 Å². The molecule has 0 aliphatic carbocycles. The lowest BCUT2D eigenvalue weighted by Crippen LogP contribution is -2.03. The summed E-state index contributed by atoms with van der Waals surface area (Å²) in [6.45, 7) is 4.49. The van der Waals surface area contributed by atoms with E-state index >= 15 is 0 Å². The molecule has 1 aromatic rings.